The van der Waals surface area contributed by atoms with Crippen molar-refractivity contribution in [3.8, 4) is 0 Å². The fraction of sp³-hybridized carbons (Fsp3) is 0.696. The summed E-state index contributed by atoms with van der Waals surface area (Å²) in [5.41, 5.74) is -0.488. The molecule has 2 heterocycles. The van der Waals surface area contributed by atoms with Crippen molar-refractivity contribution in [2.75, 3.05) is 24.5 Å². The van der Waals surface area contributed by atoms with E-state index in [-0.39, 0.29) is 5.91 Å². The number of anilines is 1. The third-order valence-corrected chi connectivity index (χ3v) is 5.85. The summed E-state index contributed by atoms with van der Waals surface area (Å²) in [5.74, 6) is 0.765. The third-order valence-electron chi connectivity index (χ3n) is 5.85. The second kappa shape index (κ2) is 9.67. The highest BCUT2D eigenvalue weighted by Crippen LogP contribution is 2.27. The Balaban J connectivity index is 1.62. The smallest absolute Gasteiger partial charge is 0.408 e. The molecular formula is C23H36N4O3. The number of amides is 2. The molecular weight excluding hydrogens is 380 g/mol. The molecule has 2 fully saturated rings. The Morgan fingerprint density at radius 2 is 1.73 bits per heavy atom. The monoisotopic (exact) mass is 416 g/mol. The van der Waals surface area contributed by atoms with Crippen molar-refractivity contribution in [3.05, 3.63) is 23.9 Å². The molecule has 1 aliphatic carbocycles. The van der Waals surface area contributed by atoms with Gasteiger partial charge < -0.3 is 20.3 Å². The number of ether oxygens (including phenoxy) is 1. The maximum atomic E-state index is 12.8. The van der Waals surface area contributed by atoms with E-state index in [0.717, 1.165) is 57.4 Å². The minimum absolute atomic E-state index is 0.162. The number of nitrogens with zero attached hydrogens (tertiary/aromatic N) is 2. The van der Waals surface area contributed by atoms with Crippen molar-refractivity contribution in [3.63, 3.8) is 0 Å². The van der Waals surface area contributed by atoms with Gasteiger partial charge >= 0.3 is 6.09 Å². The lowest BCUT2D eigenvalue weighted by Gasteiger charge is -2.35. The first-order valence-corrected chi connectivity index (χ1v) is 11.3. The Bertz CT molecular complexity index is 713. The Morgan fingerprint density at radius 3 is 2.30 bits per heavy atom. The highest BCUT2D eigenvalue weighted by atomic mass is 16.6. The van der Waals surface area contributed by atoms with Gasteiger partial charge in [-0.2, -0.15) is 0 Å². The lowest BCUT2D eigenvalue weighted by molar-refractivity contribution is 0.0437. The molecule has 30 heavy (non-hydrogen) atoms. The van der Waals surface area contributed by atoms with Gasteiger partial charge in [0.25, 0.3) is 5.91 Å². The van der Waals surface area contributed by atoms with Crippen LogP contribution < -0.4 is 15.5 Å². The van der Waals surface area contributed by atoms with Gasteiger partial charge in [0.1, 0.15) is 11.4 Å². The summed E-state index contributed by atoms with van der Waals surface area (Å²) < 4.78 is 5.48. The van der Waals surface area contributed by atoms with Crippen LogP contribution in [0.3, 0.4) is 0 Å². The van der Waals surface area contributed by atoms with E-state index in [1.165, 1.54) is 12.8 Å². The van der Waals surface area contributed by atoms with Gasteiger partial charge in [-0.05, 0) is 58.6 Å². The van der Waals surface area contributed by atoms with Gasteiger partial charge in [-0.3, -0.25) is 4.79 Å². The largest absolute Gasteiger partial charge is 0.444 e. The number of alkyl carbamates (subject to hydrolysis) is 1. The lowest BCUT2D eigenvalue weighted by atomic mass is 9.90. The average Bonchev–Trinajstić information content (AvgIpc) is 3.13. The highest BCUT2D eigenvalue weighted by Gasteiger charge is 2.34. The van der Waals surface area contributed by atoms with Crippen LogP contribution in [0.25, 0.3) is 0 Å². The molecule has 1 aromatic rings. The van der Waals surface area contributed by atoms with Crippen molar-refractivity contribution < 1.29 is 14.3 Å². The molecule has 0 radical (unpaired) electrons. The normalized spacial score (nSPS) is 19.1. The topological polar surface area (TPSA) is 83.6 Å². The maximum Gasteiger partial charge on any atom is 0.408 e. The molecule has 3 rings (SSSR count). The van der Waals surface area contributed by atoms with E-state index in [1.54, 1.807) is 6.20 Å². The summed E-state index contributed by atoms with van der Waals surface area (Å²) in [6.45, 7) is 8.00. The second-order valence-electron chi connectivity index (χ2n) is 9.60. The van der Waals surface area contributed by atoms with Gasteiger partial charge in [-0.1, -0.05) is 25.7 Å². The average molecular weight is 417 g/mol. The van der Waals surface area contributed by atoms with E-state index in [0.29, 0.717) is 12.1 Å². The maximum absolute atomic E-state index is 12.8. The molecule has 2 N–H and O–H groups in total. The van der Waals surface area contributed by atoms with Crippen LogP contribution in [-0.4, -0.2) is 47.8 Å². The quantitative estimate of drug-likeness (QED) is 0.708. The zero-order valence-electron chi connectivity index (χ0n) is 18.6. The number of carbonyl (C=O) groups is 2. The minimum Gasteiger partial charge on any atom is -0.444 e. The number of aromatic nitrogens is 1. The van der Waals surface area contributed by atoms with E-state index < -0.39 is 17.2 Å². The fourth-order valence-corrected chi connectivity index (χ4v) is 4.28. The number of pyridine rings is 1. The third kappa shape index (κ3) is 6.34. The Morgan fingerprint density at radius 1 is 1.07 bits per heavy atom. The molecule has 0 bridgehead atoms. The molecule has 0 aromatic carbocycles. The first-order valence-electron chi connectivity index (χ1n) is 11.3. The van der Waals surface area contributed by atoms with Crippen molar-refractivity contribution in [1.82, 2.24) is 15.6 Å². The number of hydrogen-bond donors (Lipinski definition) is 2. The molecule has 0 spiro atoms. The summed E-state index contributed by atoms with van der Waals surface area (Å²) >= 11 is 0. The van der Waals surface area contributed by atoms with E-state index in [4.69, 9.17) is 4.74 Å². The molecule has 7 heteroatoms. The van der Waals surface area contributed by atoms with Crippen molar-refractivity contribution in [2.24, 2.45) is 0 Å². The molecule has 0 atom stereocenters. The standard InChI is InChI=1S/C23H36N4O3/c1-22(2,3)30-21(29)26-23(12-6-4-5-7-13-23)17-25-20(28)18-10-11-19(24-16-18)27-14-8-9-15-27/h10-11,16H,4-9,12-15,17H2,1-3H3,(H,25,28)(H,26,29). The van der Waals surface area contributed by atoms with E-state index >= 15 is 0 Å². The number of nitrogens with one attached hydrogen (secondary N) is 2. The predicted molar refractivity (Wildman–Crippen MR) is 118 cm³/mol. The predicted octanol–water partition coefficient (Wildman–Crippen LogP) is 4.03. The van der Waals surface area contributed by atoms with Gasteiger partial charge in [0.05, 0.1) is 11.1 Å². The summed E-state index contributed by atoms with van der Waals surface area (Å²) in [5, 5.41) is 6.12. The first kappa shape index (κ1) is 22.4. The molecule has 2 aliphatic rings. The van der Waals surface area contributed by atoms with Gasteiger partial charge in [0, 0.05) is 25.8 Å². The van der Waals surface area contributed by atoms with Gasteiger partial charge in [0.15, 0.2) is 0 Å². The number of rotatable bonds is 5. The van der Waals surface area contributed by atoms with Crippen LogP contribution in [0, 0.1) is 0 Å². The Hall–Kier alpha value is -2.31. The number of carbonyl (C=O) groups excluding carboxylic acids is 2. The Labute approximate surface area is 180 Å². The summed E-state index contributed by atoms with van der Waals surface area (Å²) in [7, 11) is 0. The first-order chi connectivity index (χ1) is 14.3. The Kier molecular flexibility index (Phi) is 7.21. The van der Waals surface area contributed by atoms with Crippen LogP contribution >= 0.6 is 0 Å². The molecule has 7 nitrogen and oxygen atoms in total. The van der Waals surface area contributed by atoms with Gasteiger partial charge in [-0.25, -0.2) is 9.78 Å². The second-order valence-corrected chi connectivity index (χ2v) is 9.60. The summed E-state index contributed by atoms with van der Waals surface area (Å²) in [4.78, 5) is 31.9. The lowest BCUT2D eigenvalue weighted by Crippen LogP contribution is -2.56. The molecule has 2 amide bonds. The van der Waals surface area contributed by atoms with Crippen LogP contribution in [0.15, 0.2) is 18.3 Å². The molecule has 1 aromatic heterocycles. The summed E-state index contributed by atoms with van der Waals surface area (Å²) in [6, 6.07) is 3.75. The summed E-state index contributed by atoms with van der Waals surface area (Å²) in [6.07, 6.45) is 9.61. The van der Waals surface area contributed by atoms with Crippen LogP contribution in [0.2, 0.25) is 0 Å². The molecule has 1 aliphatic heterocycles. The molecule has 166 valence electrons. The van der Waals surface area contributed by atoms with E-state index in [2.05, 4.69) is 20.5 Å². The van der Waals surface area contributed by atoms with Crippen molar-refractivity contribution in [1.29, 1.82) is 0 Å². The highest BCUT2D eigenvalue weighted by molar-refractivity contribution is 5.94. The van der Waals surface area contributed by atoms with Crippen LogP contribution in [0.4, 0.5) is 10.6 Å². The zero-order valence-corrected chi connectivity index (χ0v) is 18.6. The van der Waals surface area contributed by atoms with Gasteiger partial charge in [-0.15, -0.1) is 0 Å². The molecule has 1 saturated carbocycles. The molecule has 0 unspecified atom stereocenters. The van der Waals surface area contributed by atoms with Crippen molar-refractivity contribution in [2.45, 2.75) is 83.3 Å². The van der Waals surface area contributed by atoms with Gasteiger partial charge in [0.2, 0.25) is 0 Å². The van der Waals surface area contributed by atoms with E-state index in [1.807, 2.05) is 32.9 Å². The number of hydrogen-bond acceptors (Lipinski definition) is 5. The zero-order chi connectivity index (χ0) is 21.6. The minimum atomic E-state index is -0.554. The fourth-order valence-electron chi connectivity index (χ4n) is 4.28. The van der Waals surface area contributed by atoms with Crippen molar-refractivity contribution >= 4 is 17.8 Å². The SMILES string of the molecule is CC(C)(C)OC(=O)NC1(CNC(=O)c2ccc(N3CCCC3)nc2)CCCCCC1. The van der Waals surface area contributed by atoms with E-state index in [9.17, 15) is 9.59 Å². The van der Waals surface area contributed by atoms with Crippen LogP contribution in [0.5, 0.6) is 0 Å². The van der Waals surface area contributed by atoms with Crippen LogP contribution in [-0.2, 0) is 4.74 Å². The molecule has 1 saturated heterocycles. The van der Waals surface area contributed by atoms with Crippen LogP contribution in [0.1, 0.15) is 82.5 Å².